The Morgan fingerprint density at radius 2 is 2.15 bits per heavy atom. The third-order valence-electron chi connectivity index (χ3n) is 4.25. The summed E-state index contributed by atoms with van der Waals surface area (Å²) >= 11 is 0. The van der Waals surface area contributed by atoms with E-state index in [-0.39, 0.29) is 17.9 Å². The second kappa shape index (κ2) is 6.89. The van der Waals surface area contributed by atoms with Crippen molar-refractivity contribution >= 4 is 5.91 Å². The van der Waals surface area contributed by atoms with Crippen molar-refractivity contribution in [1.82, 2.24) is 10.6 Å². The highest BCUT2D eigenvalue weighted by Crippen LogP contribution is 2.24. The molecule has 0 aliphatic carbocycles. The van der Waals surface area contributed by atoms with Gasteiger partial charge >= 0.3 is 0 Å². The first-order valence-electron chi connectivity index (χ1n) is 7.70. The molecule has 1 heterocycles. The summed E-state index contributed by atoms with van der Waals surface area (Å²) in [5, 5.41) is 6.51. The van der Waals surface area contributed by atoms with Gasteiger partial charge in [-0.1, -0.05) is 44.5 Å². The standard InChI is InChI=1S/C17H26N2O/c1-4-12(2)9-13(3)19-17(20)16-11-18-10-14-7-5-6-8-15(14)16/h5-8,12-13,16,18H,4,9-11H2,1-3H3,(H,19,20). The van der Waals surface area contributed by atoms with Crippen LogP contribution in [0.4, 0.5) is 0 Å². The molecule has 0 saturated heterocycles. The Balaban J connectivity index is 2.00. The van der Waals surface area contributed by atoms with Crippen molar-refractivity contribution in [3.05, 3.63) is 35.4 Å². The smallest absolute Gasteiger partial charge is 0.229 e. The van der Waals surface area contributed by atoms with E-state index in [1.165, 1.54) is 11.1 Å². The maximum absolute atomic E-state index is 12.5. The van der Waals surface area contributed by atoms with E-state index in [0.29, 0.717) is 5.92 Å². The molecule has 0 radical (unpaired) electrons. The number of hydrogen-bond donors (Lipinski definition) is 2. The van der Waals surface area contributed by atoms with Gasteiger partial charge in [0.15, 0.2) is 0 Å². The van der Waals surface area contributed by atoms with Gasteiger partial charge in [0.2, 0.25) is 5.91 Å². The van der Waals surface area contributed by atoms with Crippen molar-refractivity contribution in [3.63, 3.8) is 0 Å². The molecule has 0 saturated carbocycles. The molecule has 0 aromatic heterocycles. The van der Waals surface area contributed by atoms with Gasteiger partial charge in [0, 0.05) is 19.1 Å². The molecule has 1 aliphatic heterocycles. The minimum Gasteiger partial charge on any atom is -0.353 e. The van der Waals surface area contributed by atoms with E-state index in [0.717, 1.165) is 25.9 Å². The SMILES string of the molecule is CCC(C)CC(C)NC(=O)C1CNCc2ccccc21. The fourth-order valence-electron chi connectivity index (χ4n) is 2.90. The Hall–Kier alpha value is -1.35. The predicted molar refractivity (Wildman–Crippen MR) is 82.6 cm³/mol. The Bertz CT molecular complexity index is 458. The lowest BCUT2D eigenvalue weighted by Gasteiger charge is -2.27. The molecule has 3 unspecified atom stereocenters. The number of amides is 1. The zero-order valence-electron chi connectivity index (χ0n) is 12.8. The molecule has 0 bridgehead atoms. The third-order valence-corrected chi connectivity index (χ3v) is 4.25. The largest absolute Gasteiger partial charge is 0.353 e. The number of carbonyl (C=O) groups is 1. The normalized spacial score (nSPS) is 20.9. The molecular formula is C17H26N2O. The van der Waals surface area contributed by atoms with Crippen molar-refractivity contribution in [1.29, 1.82) is 0 Å². The maximum Gasteiger partial charge on any atom is 0.229 e. The molecule has 0 spiro atoms. The van der Waals surface area contributed by atoms with Gasteiger partial charge in [-0.3, -0.25) is 4.79 Å². The van der Waals surface area contributed by atoms with E-state index in [2.05, 4.69) is 43.5 Å². The van der Waals surface area contributed by atoms with E-state index in [4.69, 9.17) is 0 Å². The average molecular weight is 274 g/mol. The lowest BCUT2D eigenvalue weighted by Crippen LogP contribution is -2.42. The molecule has 3 atom stereocenters. The summed E-state index contributed by atoms with van der Waals surface area (Å²) in [5.74, 6) is 0.752. The molecule has 3 nitrogen and oxygen atoms in total. The van der Waals surface area contributed by atoms with Gasteiger partial charge in [0.05, 0.1) is 5.92 Å². The molecular weight excluding hydrogens is 248 g/mol. The van der Waals surface area contributed by atoms with Crippen LogP contribution < -0.4 is 10.6 Å². The third kappa shape index (κ3) is 3.60. The second-order valence-electron chi connectivity index (χ2n) is 6.04. The molecule has 110 valence electrons. The van der Waals surface area contributed by atoms with Crippen LogP contribution in [0.2, 0.25) is 0 Å². The molecule has 20 heavy (non-hydrogen) atoms. The molecule has 2 N–H and O–H groups in total. The fourth-order valence-corrected chi connectivity index (χ4v) is 2.90. The molecule has 1 aromatic rings. The van der Waals surface area contributed by atoms with Gasteiger partial charge in [0.25, 0.3) is 0 Å². The summed E-state index contributed by atoms with van der Waals surface area (Å²) in [6.45, 7) is 8.13. The summed E-state index contributed by atoms with van der Waals surface area (Å²) < 4.78 is 0. The quantitative estimate of drug-likeness (QED) is 0.867. The van der Waals surface area contributed by atoms with Crippen LogP contribution in [0.5, 0.6) is 0 Å². The van der Waals surface area contributed by atoms with Crippen LogP contribution in [0.25, 0.3) is 0 Å². The average Bonchev–Trinajstić information content (AvgIpc) is 2.46. The molecule has 1 aromatic carbocycles. The fraction of sp³-hybridized carbons (Fsp3) is 0.588. The number of fused-ring (bicyclic) bond motifs is 1. The van der Waals surface area contributed by atoms with Crippen LogP contribution in [0.15, 0.2) is 24.3 Å². The Morgan fingerprint density at radius 1 is 1.40 bits per heavy atom. The lowest BCUT2D eigenvalue weighted by atomic mass is 9.89. The van der Waals surface area contributed by atoms with E-state index in [1.54, 1.807) is 0 Å². The monoisotopic (exact) mass is 274 g/mol. The van der Waals surface area contributed by atoms with Crippen molar-refractivity contribution in [2.24, 2.45) is 5.92 Å². The highest BCUT2D eigenvalue weighted by Gasteiger charge is 2.26. The molecule has 2 rings (SSSR count). The molecule has 3 heteroatoms. The zero-order chi connectivity index (χ0) is 14.5. The minimum atomic E-state index is -0.0562. The van der Waals surface area contributed by atoms with Gasteiger partial charge in [-0.2, -0.15) is 0 Å². The second-order valence-corrected chi connectivity index (χ2v) is 6.04. The van der Waals surface area contributed by atoms with Crippen LogP contribution in [-0.2, 0) is 11.3 Å². The number of hydrogen-bond acceptors (Lipinski definition) is 2. The van der Waals surface area contributed by atoms with Crippen LogP contribution in [-0.4, -0.2) is 18.5 Å². The summed E-state index contributed by atoms with van der Waals surface area (Å²) in [6.07, 6.45) is 2.21. The van der Waals surface area contributed by atoms with Crippen LogP contribution in [0, 0.1) is 5.92 Å². The number of carbonyl (C=O) groups excluding carboxylic acids is 1. The first kappa shape index (κ1) is 15.0. The predicted octanol–water partition coefficient (Wildman–Crippen LogP) is 2.81. The zero-order valence-corrected chi connectivity index (χ0v) is 12.8. The maximum atomic E-state index is 12.5. The topological polar surface area (TPSA) is 41.1 Å². The Morgan fingerprint density at radius 3 is 2.90 bits per heavy atom. The Labute approximate surface area is 122 Å². The minimum absolute atomic E-state index is 0.0562. The number of rotatable bonds is 5. The van der Waals surface area contributed by atoms with Gasteiger partial charge < -0.3 is 10.6 Å². The number of benzene rings is 1. The molecule has 1 aliphatic rings. The first-order valence-corrected chi connectivity index (χ1v) is 7.70. The van der Waals surface area contributed by atoms with Crippen LogP contribution >= 0.6 is 0 Å². The van der Waals surface area contributed by atoms with Gasteiger partial charge in [0.1, 0.15) is 0 Å². The van der Waals surface area contributed by atoms with Gasteiger partial charge in [-0.15, -0.1) is 0 Å². The summed E-state index contributed by atoms with van der Waals surface area (Å²) in [5.41, 5.74) is 2.42. The van der Waals surface area contributed by atoms with Gasteiger partial charge in [-0.05, 0) is 30.4 Å². The van der Waals surface area contributed by atoms with E-state index in [9.17, 15) is 4.79 Å². The number of nitrogens with one attached hydrogen (secondary N) is 2. The highest BCUT2D eigenvalue weighted by molar-refractivity contribution is 5.84. The summed E-state index contributed by atoms with van der Waals surface area (Å²) in [7, 11) is 0. The summed E-state index contributed by atoms with van der Waals surface area (Å²) in [6, 6.07) is 8.48. The lowest BCUT2D eigenvalue weighted by molar-refractivity contribution is -0.123. The van der Waals surface area contributed by atoms with Crippen molar-refractivity contribution in [2.75, 3.05) is 6.54 Å². The van der Waals surface area contributed by atoms with Crippen LogP contribution in [0.1, 0.15) is 50.7 Å². The van der Waals surface area contributed by atoms with Crippen molar-refractivity contribution in [2.45, 2.75) is 52.1 Å². The van der Waals surface area contributed by atoms with E-state index in [1.807, 2.05) is 12.1 Å². The van der Waals surface area contributed by atoms with E-state index < -0.39 is 0 Å². The molecule has 0 fully saturated rings. The Kier molecular flexibility index (Phi) is 5.18. The van der Waals surface area contributed by atoms with Crippen molar-refractivity contribution in [3.8, 4) is 0 Å². The summed E-state index contributed by atoms with van der Waals surface area (Å²) in [4.78, 5) is 12.5. The highest BCUT2D eigenvalue weighted by atomic mass is 16.2. The van der Waals surface area contributed by atoms with Crippen molar-refractivity contribution < 1.29 is 4.79 Å². The molecule has 1 amide bonds. The first-order chi connectivity index (χ1) is 9.61. The van der Waals surface area contributed by atoms with E-state index >= 15 is 0 Å². The van der Waals surface area contributed by atoms with Crippen LogP contribution in [0.3, 0.4) is 0 Å². The van der Waals surface area contributed by atoms with Gasteiger partial charge in [-0.25, -0.2) is 0 Å².